The highest BCUT2D eigenvalue weighted by Gasteiger charge is 2.65. The summed E-state index contributed by atoms with van der Waals surface area (Å²) in [4.78, 5) is 24.4. The van der Waals surface area contributed by atoms with E-state index in [9.17, 15) is 9.59 Å². The van der Waals surface area contributed by atoms with Crippen LogP contribution in [0.25, 0.3) is 0 Å². The van der Waals surface area contributed by atoms with Crippen molar-refractivity contribution in [2.45, 2.75) is 45.5 Å². The Morgan fingerprint density at radius 3 is 2.64 bits per heavy atom. The van der Waals surface area contributed by atoms with Crippen molar-refractivity contribution in [2.75, 3.05) is 7.11 Å². The Kier molecular flexibility index (Phi) is 2.69. The summed E-state index contributed by atoms with van der Waals surface area (Å²) < 4.78 is 16.2. The second kappa shape index (κ2) is 4.22. The van der Waals surface area contributed by atoms with Crippen molar-refractivity contribution >= 4 is 11.9 Å². The molecule has 5 nitrogen and oxygen atoms in total. The third kappa shape index (κ3) is 1.52. The number of rotatable bonds is 1. The summed E-state index contributed by atoms with van der Waals surface area (Å²) in [6.07, 6.45) is 5.26. The SMILES string of the molecule is CO[C@H]1OC(=O)C=C2C1=CC1OC(=O)[C@@]3(C)CCC[C@@]2(C)C13. The van der Waals surface area contributed by atoms with Crippen molar-refractivity contribution in [3.63, 3.8) is 0 Å². The molecule has 0 spiro atoms. The van der Waals surface area contributed by atoms with Crippen LogP contribution in [-0.4, -0.2) is 31.4 Å². The summed E-state index contributed by atoms with van der Waals surface area (Å²) in [5, 5.41) is 0. The number of ether oxygens (including phenoxy) is 3. The first kappa shape index (κ1) is 14.0. The molecule has 4 aliphatic rings. The fourth-order valence-electron chi connectivity index (χ4n) is 5.10. The zero-order chi connectivity index (χ0) is 15.7. The van der Waals surface area contributed by atoms with Crippen LogP contribution >= 0.6 is 0 Å². The van der Waals surface area contributed by atoms with E-state index >= 15 is 0 Å². The van der Waals surface area contributed by atoms with Gasteiger partial charge in [-0.2, -0.15) is 0 Å². The van der Waals surface area contributed by atoms with Gasteiger partial charge >= 0.3 is 11.9 Å². The predicted molar refractivity (Wildman–Crippen MR) is 76.5 cm³/mol. The van der Waals surface area contributed by atoms with Crippen LogP contribution in [0.2, 0.25) is 0 Å². The van der Waals surface area contributed by atoms with Crippen molar-refractivity contribution in [1.82, 2.24) is 0 Å². The monoisotopic (exact) mass is 304 g/mol. The smallest absolute Gasteiger partial charge is 0.333 e. The molecule has 0 aromatic carbocycles. The molecular weight excluding hydrogens is 284 g/mol. The number of hydrogen-bond donors (Lipinski definition) is 0. The molecule has 2 unspecified atom stereocenters. The van der Waals surface area contributed by atoms with E-state index in [1.54, 1.807) is 6.08 Å². The molecule has 22 heavy (non-hydrogen) atoms. The number of esters is 2. The Bertz CT molecular complexity index is 633. The predicted octanol–water partition coefficient (Wildman–Crippen LogP) is 2.12. The van der Waals surface area contributed by atoms with Crippen LogP contribution in [0, 0.1) is 16.7 Å². The summed E-state index contributed by atoms with van der Waals surface area (Å²) in [5.41, 5.74) is 1.07. The lowest BCUT2D eigenvalue weighted by Crippen LogP contribution is -2.51. The van der Waals surface area contributed by atoms with Crippen LogP contribution in [0.3, 0.4) is 0 Å². The lowest BCUT2D eigenvalue weighted by atomic mass is 9.50. The normalized spacial score (nSPS) is 46.0. The minimum absolute atomic E-state index is 0.0691. The number of carbonyl (C=O) groups is 2. The molecular formula is C17H20O5. The maximum Gasteiger partial charge on any atom is 0.333 e. The fraction of sp³-hybridized carbons (Fsp3) is 0.647. The first-order valence-corrected chi connectivity index (χ1v) is 7.79. The van der Waals surface area contributed by atoms with Gasteiger partial charge in [-0.25, -0.2) is 4.79 Å². The molecule has 0 amide bonds. The number of fused-ring (bicyclic) bond motifs is 2. The molecule has 5 atom stereocenters. The van der Waals surface area contributed by atoms with E-state index in [1.165, 1.54) is 7.11 Å². The number of carbonyl (C=O) groups excluding carboxylic acids is 2. The van der Waals surface area contributed by atoms with Gasteiger partial charge in [0.1, 0.15) is 6.10 Å². The van der Waals surface area contributed by atoms with Crippen molar-refractivity contribution in [3.05, 3.63) is 23.3 Å². The number of methoxy groups -OCH3 is 1. The number of cyclic esters (lactones) is 1. The molecule has 0 radical (unpaired) electrons. The molecule has 2 heterocycles. The van der Waals surface area contributed by atoms with E-state index in [1.807, 2.05) is 13.0 Å². The Morgan fingerprint density at radius 1 is 1.18 bits per heavy atom. The van der Waals surface area contributed by atoms with Crippen LogP contribution in [-0.2, 0) is 23.8 Å². The third-order valence-electron chi connectivity index (χ3n) is 6.03. The average Bonchev–Trinajstić information content (AvgIpc) is 2.72. The minimum Gasteiger partial charge on any atom is -0.457 e. The maximum absolute atomic E-state index is 12.4. The van der Waals surface area contributed by atoms with Crippen molar-refractivity contribution in [1.29, 1.82) is 0 Å². The number of hydrogen-bond acceptors (Lipinski definition) is 5. The van der Waals surface area contributed by atoms with E-state index in [-0.39, 0.29) is 29.4 Å². The van der Waals surface area contributed by atoms with E-state index < -0.39 is 11.7 Å². The van der Waals surface area contributed by atoms with E-state index in [0.29, 0.717) is 0 Å². The van der Waals surface area contributed by atoms with Gasteiger partial charge in [0.25, 0.3) is 0 Å². The van der Waals surface area contributed by atoms with Crippen LogP contribution in [0.1, 0.15) is 33.1 Å². The highest BCUT2D eigenvalue weighted by Crippen LogP contribution is 2.64. The molecule has 1 saturated heterocycles. The van der Waals surface area contributed by atoms with Crippen molar-refractivity contribution in [2.24, 2.45) is 16.7 Å². The second-order valence-corrected chi connectivity index (χ2v) is 7.22. The lowest BCUT2D eigenvalue weighted by molar-refractivity contribution is -0.163. The topological polar surface area (TPSA) is 61.8 Å². The Labute approximate surface area is 129 Å². The minimum atomic E-state index is -0.710. The van der Waals surface area contributed by atoms with Gasteiger partial charge in [-0.1, -0.05) is 13.3 Å². The summed E-state index contributed by atoms with van der Waals surface area (Å²) in [7, 11) is 1.52. The van der Waals surface area contributed by atoms with E-state index in [4.69, 9.17) is 14.2 Å². The molecule has 0 aromatic rings. The Hall–Kier alpha value is -1.62. The average molecular weight is 304 g/mol. The van der Waals surface area contributed by atoms with Gasteiger partial charge in [0.05, 0.1) is 5.41 Å². The Balaban J connectivity index is 1.92. The van der Waals surface area contributed by atoms with Crippen LogP contribution < -0.4 is 0 Å². The second-order valence-electron chi connectivity index (χ2n) is 7.22. The van der Waals surface area contributed by atoms with Gasteiger partial charge < -0.3 is 14.2 Å². The van der Waals surface area contributed by atoms with Crippen molar-refractivity contribution < 1.29 is 23.8 Å². The van der Waals surface area contributed by atoms with Gasteiger partial charge in [0, 0.05) is 30.1 Å². The van der Waals surface area contributed by atoms with Crippen LogP contribution in [0.4, 0.5) is 0 Å². The molecule has 0 bridgehead atoms. The summed E-state index contributed by atoms with van der Waals surface area (Å²) in [6.45, 7) is 4.15. The van der Waals surface area contributed by atoms with Gasteiger partial charge in [-0.05, 0) is 31.4 Å². The molecule has 2 aliphatic heterocycles. The van der Waals surface area contributed by atoms with Crippen LogP contribution in [0.5, 0.6) is 0 Å². The molecule has 2 fully saturated rings. The van der Waals surface area contributed by atoms with E-state index in [2.05, 4.69) is 6.92 Å². The largest absolute Gasteiger partial charge is 0.457 e. The van der Waals surface area contributed by atoms with E-state index in [0.717, 1.165) is 30.4 Å². The molecule has 0 aromatic heterocycles. The maximum atomic E-state index is 12.4. The van der Waals surface area contributed by atoms with Gasteiger partial charge in [-0.3, -0.25) is 4.79 Å². The molecule has 4 rings (SSSR count). The zero-order valence-corrected chi connectivity index (χ0v) is 13.0. The summed E-state index contributed by atoms with van der Waals surface area (Å²) in [5.74, 6) is -0.429. The molecule has 5 heteroatoms. The quantitative estimate of drug-likeness (QED) is 0.694. The highest BCUT2D eigenvalue weighted by molar-refractivity contribution is 5.87. The van der Waals surface area contributed by atoms with Crippen LogP contribution in [0.15, 0.2) is 23.3 Å². The third-order valence-corrected chi connectivity index (χ3v) is 6.03. The van der Waals surface area contributed by atoms with Crippen molar-refractivity contribution in [3.8, 4) is 0 Å². The van der Waals surface area contributed by atoms with Gasteiger partial charge in [-0.15, -0.1) is 0 Å². The lowest BCUT2D eigenvalue weighted by Gasteiger charge is -2.52. The van der Waals surface area contributed by atoms with Gasteiger partial charge in [0.2, 0.25) is 6.29 Å². The first-order chi connectivity index (χ1) is 10.4. The molecule has 1 saturated carbocycles. The fourth-order valence-corrected chi connectivity index (χ4v) is 5.10. The first-order valence-electron chi connectivity index (χ1n) is 7.79. The zero-order valence-electron chi connectivity index (χ0n) is 13.0. The Morgan fingerprint density at radius 2 is 1.91 bits per heavy atom. The van der Waals surface area contributed by atoms with Gasteiger partial charge in [0.15, 0.2) is 0 Å². The molecule has 118 valence electrons. The molecule has 0 N–H and O–H groups in total. The highest BCUT2D eigenvalue weighted by atomic mass is 16.7. The molecule has 2 aliphatic carbocycles. The summed E-state index contributed by atoms with van der Waals surface area (Å²) >= 11 is 0. The standard InChI is InChI=1S/C17H20O5/c1-16-5-4-6-17(2)13(16)11(21-15(17)19)7-9-10(16)8-12(18)22-14(9)20-3/h7-8,11,13-14H,4-6H2,1-3H3/t11?,13?,14-,16+,17-/m0/s1. The summed E-state index contributed by atoms with van der Waals surface area (Å²) in [6, 6.07) is 0.